The van der Waals surface area contributed by atoms with Gasteiger partial charge >= 0.3 is 5.97 Å². The number of piperazine rings is 1. The summed E-state index contributed by atoms with van der Waals surface area (Å²) in [6.45, 7) is 5.82. The predicted molar refractivity (Wildman–Crippen MR) is 92.4 cm³/mol. The Morgan fingerprint density at radius 3 is 2.15 bits per heavy atom. The van der Waals surface area contributed by atoms with Gasteiger partial charge in [-0.2, -0.15) is 4.31 Å². The van der Waals surface area contributed by atoms with E-state index in [2.05, 4.69) is 0 Å². The van der Waals surface area contributed by atoms with Crippen molar-refractivity contribution in [3.05, 3.63) is 17.1 Å². The van der Waals surface area contributed by atoms with Crippen molar-refractivity contribution in [2.45, 2.75) is 44.9 Å². The molecule has 2 fully saturated rings. The maximum absolute atomic E-state index is 13.0. The zero-order valence-electron chi connectivity index (χ0n) is 15.2. The highest BCUT2D eigenvalue weighted by Gasteiger charge is 2.50. The number of hydrogen-bond donors (Lipinski definition) is 1. The molecule has 144 valence electrons. The van der Waals surface area contributed by atoms with Gasteiger partial charge in [-0.1, -0.05) is 6.92 Å². The summed E-state index contributed by atoms with van der Waals surface area (Å²) in [4.78, 5) is 25.5. The van der Waals surface area contributed by atoms with Crippen LogP contribution in [0.4, 0.5) is 0 Å². The molecule has 0 unspecified atom stereocenters. The van der Waals surface area contributed by atoms with E-state index in [0.717, 1.165) is 19.3 Å². The van der Waals surface area contributed by atoms with Gasteiger partial charge < -0.3 is 14.4 Å². The second kappa shape index (κ2) is 6.38. The summed E-state index contributed by atoms with van der Waals surface area (Å²) in [5.74, 6) is -1.08. The Kier molecular flexibility index (Phi) is 4.64. The van der Waals surface area contributed by atoms with E-state index in [1.54, 1.807) is 4.90 Å². The SMILES string of the molecule is CCC1(C(=O)N2CCN(S(=O)(=O)c3c(C)oc(C)c3C(=O)O)CC2)CC1. The summed E-state index contributed by atoms with van der Waals surface area (Å²) in [6.07, 6.45) is 2.60. The maximum Gasteiger partial charge on any atom is 0.340 e. The third kappa shape index (κ3) is 2.92. The number of carbonyl (C=O) groups excluding carboxylic acids is 1. The molecule has 1 saturated heterocycles. The Morgan fingerprint density at radius 1 is 1.12 bits per heavy atom. The van der Waals surface area contributed by atoms with E-state index in [9.17, 15) is 23.1 Å². The second-order valence-electron chi connectivity index (χ2n) is 7.05. The summed E-state index contributed by atoms with van der Waals surface area (Å²) < 4.78 is 32.5. The first-order valence-corrected chi connectivity index (χ1v) is 10.2. The lowest BCUT2D eigenvalue weighted by Gasteiger charge is -2.35. The van der Waals surface area contributed by atoms with Gasteiger partial charge in [0.25, 0.3) is 0 Å². The molecule has 1 amide bonds. The van der Waals surface area contributed by atoms with E-state index in [4.69, 9.17) is 4.42 Å². The average Bonchev–Trinajstić information content (AvgIpc) is 3.33. The molecule has 1 saturated carbocycles. The number of aromatic carboxylic acids is 1. The Morgan fingerprint density at radius 2 is 1.69 bits per heavy atom. The standard InChI is InChI=1S/C17H24N2O6S/c1-4-17(5-6-17)16(22)18-7-9-19(10-8-18)26(23,24)14-12(3)25-11(2)13(14)15(20)21/h4-10H2,1-3H3,(H,20,21). The van der Waals surface area contributed by atoms with Gasteiger partial charge in [0.05, 0.1) is 0 Å². The minimum Gasteiger partial charge on any atom is -0.478 e. The number of sulfonamides is 1. The van der Waals surface area contributed by atoms with Gasteiger partial charge in [0, 0.05) is 31.6 Å². The fourth-order valence-corrected chi connectivity index (χ4v) is 5.48. The first kappa shape index (κ1) is 18.9. The topological polar surface area (TPSA) is 108 Å². The van der Waals surface area contributed by atoms with Gasteiger partial charge in [0.15, 0.2) is 0 Å². The van der Waals surface area contributed by atoms with Gasteiger partial charge in [-0.05, 0) is 33.1 Å². The summed E-state index contributed by atoms with van der Waals surface area (Å²) in [7, 11) is -4.00. The first-order chi connectivity index (χ1) is 12.1. The third-order valence-corrected chi connectivity index (χ3v) is 7.58. The number of carbonyl (C=O) groups is 2. The molecule has 26 heavy (non-hydrogen) atoms. The zero-order chi connectivity index (χ0) is 19.3. The fourth-order valence-electron chi connectivity index (χ4n) is 3.69. The summed E-state index contributed by atoms with van der Waals surface area (Å²) in [6, 6.07) is 0. The van der Waals surface area contributed by atoms with Crippen molar-refractivity contribution in [3.8, 4) is 0 Å². The fraction of sp³-hybridized carbons (Fsp3) is 0.647. The van der Waals surface area contributed by atoms with E-state index >= 15 is 0 Å². The predicted octanol–water partition coefficient (Wildman–Crippen LogP) is 1.62. The smallest absolute Gasteiger partial charge is 0.340 e. The highest BCUT2D eigenvalue weighted by molar-refractivity contribution is 7.89. The number of carboxylic acid groups (broad SMARTS) is 1. The maximum atomic E-state index is 13.0. The number of rotatable bonds is 5. The summed E-state index contributed by atoms with van der Waals surface area (Å²) >= 11 is 0. The molecular weight excluding hydrogens is 360 g/mol. The Hall–Kier alpha value is -1.87. The Bertz CT molecular complexity index is 845. The molecule has 3 rings (SSSR count). The van der Waals surface area contributed by atoms with Crippen molar-refractivity contribution in [1.29, 1.82) is 0 Å². The van der Waals surface area contributed by atoms with Crippen LogP contribution in [0.5, 0.6) is 0 Å². The molecule has 0 radical (unpaired) electrons. The van der Waals surface area contributed by atoms with E-state index < -0.39 is 16.0 Å². The molecule has 9 heteroatoms. The largest absolute Gasteiger partial charge is 0.478 e. The van der Waals surface area contributed by atoms with Crippen LogP contribution in [0.15, 0.2) is 9.31 Å². The number of hydrogen-bond acceptors (Lipinski definition) is 5. The number of carboxylic acids is 1. The summed E-state index contributed by atoms with van der Waals surface area (Å²) in [5.41, 5.74) is -0.556. The lowest BCUT2D eigenvalue weighted by molar-refractivity contribution is -0.138. The van der Waals surface area contributed by atoms with Crippen LogP contribution < -0.4 is 0 Å². The molecule has 0 aromatic carbocycles. The number of furan rings is 1. The van der Waals surface area contributed by atoms with Gasteiger partial charge in [-0.25, -0.2) is 13.2 Å². The van der Waals surface area contributed by atoms with Crippen LogP contribution in [-0.4, -0.2) is 60.8 Å². The quantitative estimate of drug-likeness (QED) is 0.826. The molecule has 8 nitrogen and oxygen atoms in total. The molecular formula is C17H24N2O6S. The molecule has 2 aliphatic rings. The van der Waals surface area contributed by atoms with Crippen molar-refractivity contribution < 1.29 is 27.5 Å². The van der Waals surface area contributed by atoms with E-state index in [-0.39, 0.29) is 46.4 Å². The molecule has 0 atom stereocenters. The number of aryl methyl sites for hydroxylation is 2. The molecule has 2 heterocycles. The van der Waals surface area contributed by atoms with Crippen molar-refractivity contribution in [3.63, 3.8) is 0 Å². The first-order valence-electron chi connectivity index (χ1n) is 8.77. The zero-order valence-corrected chi connectivity index (χ0v) is 16.1. The Balaban J connectivity index is 1.79. The second-order valence-corrected chi connectivity index (χ2v) is 8.93. The molecule has 0 bridgehead atoms. The van der Waals surface area contributed by atoms with Crippen LogP contribution in [0.2, 0.25) is 0 Å². The minimum atomic E-state index is -4.00. The van der Waals surface area contributed by atoms with Gasteiger partial charge in [-0.3, -0.25) is 4.79 Å². The van der Waals surface area contributed by atoms with Crippen LogP contribution in [0.3, 0.4) is 0 Å². The number of nitrogens with zero attached hydrogens (tertiary/aromatic N) is 2. The molecule has 1 N–H and O–H groups in total. The minimum absolute atomic E-state index is 0.0704. The van der Waals surface area contributed by atoms with Crippen LogP contribution in [0.1, 0.15) is 48.1 Å². The lowest BCUT2D eigenvalue weighted by atomic mass is 10.0. The van der Waals surface area contributed by atoms with Crippen LogP contribution in [0, 0.1) is 19.3 Å². The Labute approximate surface area is 152 Å². The normalized spacial score (nSPS) is 20.2. The average molecular weight is 384 g/mol. The molecule has 1 aromatic rings. The summed E-state index contributed by atoms with van der Waals surface area (Å²) in [5, 5.41) is 9.36. The lowest BCUT2D eigenvalue weighted by Crippen LogP contribution is -2.52. The van der Waals surface area contributed by atoms with Crippen LogP contribution >= 0.6 is 0 Å². The highest BCUT2D eigenvalue weighted by Crippen LogP contribution is 2.50. The van der Waals surface area contributed by atoms with Crippen molar-refractivity contribution in [2.75, 3.05) is 26.2 Å². The highest BCUT2D eigenvalue weighted by atomic mass is 32.2. The van der Waals surface area contributed by atoms with Crippen molar-refractivity contribution in [2.24, 2.45) is 5.41 Å². The monoisotopic (exact) mass is 384 g/mol. The van der Waals surface area contributed by atoms with Crippen LogP contribution in [0.25, 0.3) is 0 Å². The van der Waals surface area contributed by atoms with Crippen molar-refractivity contribution in [1.82, 2.24) is 9.21 Å². The van der Waals surface area contributed by atoms with E-state index in [0.29, 0.717) is 13.1 Å². The molecule has 1 aliphatic heterocycles. The van der Waals surface area contributed by atoms with Gasteiger partial charge in [0.1, 0.15) is 22.0 Å². The van der Waals surface area contributed by atoms with Gasteiger partial charge in [0.2, 0.25) is 15.9 Å². The number of amides is 1. The van der Waals surface area contributed by atoms with Crippen molar-refractivity contribution >= 4 is 21.9 Å². The molecule has 1 aliphatic carbocycles. The third-order valence-electron chi connectivity index (χ3n) is 5.53. The van der Waals surface area contributed by atoms with Gasteiger partial charge in [-0.15, -0.1) is 0 Å². The van der Waals surface area contributed by atoms with Crippen LogP contribution in [-0.2, 0) is 14.8 Å². The van der Waals surface area contributed by atoms with E-state index in [1.165, 1.54) is 18.2 Å². The molecule has 0 spiro atoms. The van der Waals surface area contributed by atoms with E-state index in [1.807, 2.05) is 6.92 Å². The molecule has 1 aromatic heterocycles.